The fourth-order valence-electron chi connectivity index (χ4n) is 1.56. The summed E-state index contributed by atoms with van der Waals surface area (Å²) in [5.74, 6) is 1.43. The number of halogens is 1. The first-order chi connectivity index (χ1) is 9.31. The molecule has 0 saturated heterocycles. The summed E-state index contributed by atoms with van der Waals surface area (Å²) < 4.78 is 5.58. The smallest absolute Gasteiger partial charge is 0.148 e. The van der Waals surface area contributed by atoms with E-state index in [9.17, 15) is 0 Å². The molecule has 0 bridgehead atoms. The molecule has 0 atom stereocenters. The van der Waals surface area contributed by atoms with Crippen LogP contribution in [-0.2, 0) is 6.54 Å². The Kier molecular flexibility index (Phi) is 4.75. The van der Waals surface area contributed by atoms with Crippen LogP contribution in [0.4, 0.5) is 5.82 Å². The van der Waals surface area contributed by atoms with Gasteiger partial charge in [-0.05, 0) is 6.07 Å². The Hall–Kier alpha value is -2.07. The number of nitrogens with zero attached hydrogens (tertiary/aromatic N) is 2. The van der Waals surface area contributed by atoms with Crippen LogP contribution in [0.5, 0.6) is 5.75 Å². The summed E-state index contributed by atoms with van der Waals surface area (Å²) >= 11 is 5.98. The first kappa shape index (κ1) is 13.4. The number of benzene rings is 1. The number of para-hydroxylation sites is 1. The summed E-state index contributed by atoms with van der Waals surface area (Å²) in [5, 5.41) is 3.65. The van der Waals surface area contributed by atoms with Crippen LogP contribution in [0, 0.1) is 0 Å². The van der Waals surface area contributed by atoms with Crippen molar-refractivity contribution < 1.29 is 4.74 Å². The van der Waals surface area contributed by atoms with E-state index in [1.54, 1.807) is 12.3 Å². The molecule has 1 aromatic heterocycles. The molecule has 1 heterocycles. The summed E-state index contributed by atoms with van der Waals surface area (Å²) in [4.78, 5) is 7.91. The number of ether oxygens (including phenoxy) is 1. The molecule has 0 amide bonds. The number of aromatic nitrogens is 2. The van der Waals surface area contributed by atoms with Gasteiger partial charge >= 0.3 is 0 Å². The molecule has 1 aromatic carbocycles. The van der Waals surface area contributed by atoms with E-state index in [4.69, 9.17) is 16.3 Å². The summed E-state index contributed by atoms with van der Waals surface area (Å²) in [7, 11) is 0. The second-order valence-corrected chi connectivity index (χ2v) is 4.19. The maximum Gasteiger partial charge on any atom is 0.148 e. The van der Waals surface area contributed by atoms with Crippen molar-refractivity contribution in [3.63, 3.8) is 0 Å². The van der Waals surface area contributed by atoms with Crippen LogP contribution in [0.3, 0.4) is 0 Å². The van der Waals surface area contributed by atoms with Gasteiger partial charge in [0.15, 0.2) is 0 Å². The maximum atomic E-state index is 5.98. The van der Waals surface area contributed by atoms with Gasteiger partial charge in [0.2, 0.25) is 0 Å². The third-order valence-electron chi connectivity index (χ3n) is 2.44. The zero-order valence-corrected chi connectivity index (χ0v) is 11.1. The first-order valence-corrected chi connectivity index (χ1v) is 6.20. The van der Waals surface area contributed by atoms with Gasteiger partial charge in [-0.1, -0.05) is 42.5 Å². The van der Waals surface area contributed by atoms with Crippen molar-refractivity contribution >= 4 is 17.4 Å². The second kappa shape index (κ2) is 6.75. The molecule has 2 aromatic rings. The number of anilines is 1. The highest BCUT2D eigenvalue weighted by Gasteiger charge is 2.04. The fraction of sp³-hybridized carbons (Fsp3) is 0.143. The standard InChI is InChI=1S/C14H14ClN3O/c1-2-7-19-13-6-4-3-5-11(13)8-17-14-12(15)9-16-10-18-14/h2-6,9-10H,1,7-8H2,(H,16,17,18). The van der Waals surface area contributed by atoms with E-state index in [0.29, 0.717) is 24.0 Å². The molecule has 0 saturated carbocycles. The van der Waals surface area contributed by atoms with Crippen molar-refractivity contribution in [2.45, 2.75) is 6.54 Å². The Labute approximate surface area is 117 Å². The third-order valence-corrected chi connectivity index (χ3v) is 2.72. The van der Waals surface area contributed by atoms with Crippen LogP contribution >= 0.6 is 11.6 Å². The minimum Gasteiger partial charge on any atom is -0.489 e. The van der Waals surface area contributed by atoms with Crippen LogP contribution in [0.25, 0.3) is 0 Å². The Morgan fingerprint density at radius 2 is 2.21 bits per heavy atom. The maximum absolute atomic E-state index is 5.98. The number of rotatable bonds is 6. The van der Waals surface area contributed by atoms with Crippen molar-refractivity contribution in [3.05, 3.63) is 60.0 Å². The van der Waals surface area contributed by atoms with Crippen LogP contribution in [-0.4, -0.2) is 16.6 Å². The monoisotopic (exact) mass is 275 g/mol. The molecular formula is C14H14ClN3O. The van der Waals surface area contributed by atoms with Crippen LogP contribution in [0.15, 0.2) is 49.4 Å². The van der Waals surface area contributed by atoms with Gasteiger partial charge in [0.1, 0.15) is 29.5 Å². The average Bonchev–Trinajstić information content (AvgIpc) is 2.45. The van der Waals surface area contributed by atoms with Crippen LogP contribution in [0.1, 0.15) is 5.56 Å². The molecule has 5 heteroatoms. The molecule has 98 valence electrons. The van der Waals surface area contributed by atoms with Gasteiger partial charge in [-0.2, -0.15) is 0 Å². The summed E-state index contributed by atoms with van der Waals surface area (Å²) in [6.07, 6.45) is 4.72. The van der Waals surface area contributed by atoms with E-state index < -0.39 is 0 Å². The normalized spacial score (nSPS) is 9.95. The SMILES string of the molecule is C=CCOc1ccccc1CNc1ncncc1Cl. The zero-order chi connectivity index (χ0) is 13.5. The van der Waals surface area contributed by atoms with Gasteiger partial charge in [-0.25, -0.2) is 9.97 Å². The van der Waals surface area contributed by atoms with Crippen molar-refractivity contribution in [1.82, 2.24) is 9.97 Å². The van der Waals surface area contributed by atoms with E-state index in [1.807, 2.05) is 24.3 Å². The minimum absolute atomic E-state index is 0.477. The van der Waals surface area contributed by atoms with E-state index in [1.165, 1.54) is 6.33 Å². The van der Waals surface area contributed by atoms with E-state index in [0.717, 1.165) is 11.3 Å². The lowest BCUT2D eigenvalue weighted by Crippen LogP contribution is -2.05. The zero-order valence-electron chi connectivity index (χ0n) is 10.3. The van der Waals surface area contributed by atoms with Crippen molar-refractivity contribution in [2.75, 3.05) is 11.9 Å². The average molecular weight is 276 g/mol. The quantitative estimate of drug-likeness (QED) is 0.822. The topological polar surface area (TPSA) is 47.0 Å². The van der Waals surface area contributed by atoms with Gasteiger partial charge in [0.05, 0.1) is 6.20 Å². The largest absolute Gasteiger partial charge is 0.489 e. The molecule has 4 nitrogen and oxygen atoms in total. The molecule has 0 spiro atoms. The molecule has 0 aliphatic heterocycles. The lowest BCUT2D eigenvalue weighted by atomic mass is 10.2. The van der Waals surface area contributed by atoms with Crippen molar-refractivity contribution in [1.29, 1.82) is 0 Å². The van der Waals surface area contributed by atoms with E-state index >= 15 is 0 Å². The van der Waals surface area contributed by atoms with Crippen LogP contribution < -0.4 is 10.1 Å². The lowest BCUT2D eigenvalue weighted by Gasteiger charge is -2.11. The predicted molar refractivity (Wildman–Crippen MR) is 76.5 cm³/mol. The van der Waals surface area contributed by atoms with E-state index in [2.05, 4.69) is 21.9 Å². The van der Waals surface area contributed by atoms with Crippen LogP contribution in [0.2, 0.25) is 5.02 Å². The molecule has 2 rings (SSSR count). The van der Waals surface area contributed by atoms with Gasteiger partial charge < -0.3 is 10.1 Å². The lowest BCUT2D eigenvalue weighted by molar-refractivity contribution is 0.359. The van der Waals surface area contributed by atoms with E-state index in [-0.39, 0.29) is 0 Å². The van der Waals surface area contributed by atoms with Gasteiger partial charge in [0.25, 0.3) is 0 Å². The van der Waals surface area contributed by atoms with Gasteiger partial charge in [-0.15, -0.1) is 0 Å². The second-order valence-electron chi connectivity index (χ2n) is 3.78. The molecule has 0 fully saturated rings. The summed E-state index contributed by atoms with van der Waals surface area (Å²) in [6.45, 7) is 4.69. The summed E-state index contributed by atoms with van der Waals surface area (Å²) in [5.41, 5.74) is 1.03. The molecule has 19 heavy (non-hydrogen) atoms. The molecule has 0 radical (unpaired) electrons. The molecule has 0 aliphatic rings. The number of hydrogen-bond donors (Lipinski definition) is 1. The minimum atomic E-state index is 0.477. The van der Waals surface area contributed by atoms with Crippen molar-refractivity contribution in [2.24, 2.45) is 0 Å². The molecule has 0 aliphatic carbocycles. The predicted octanol–water partition coefficient (Wildman–Crippen LogP) is 3.31. The highest BCUT2D eigenvalue weighted by molar-refractivity contribution is 6.32. The van der Waals surface area contributed by atoms with Gasteiger partial charge in [0, 0.05) is 12.1 Å². The Morgan fingerprint density at radius 3 is 3.00 bits per heavy atom. The Morgan fingerprint density at radius 1 is 1.37 bits per heavy atom. The fourth-order valence-corrected chi connectivity index (χ4v) is 1.73. The molecular weight excluding hydrogens is 262 g/mol. The molecule has 1 N–H and O–H groups in total. The van der Waals surface area contributed by atoms with Crippen molar-refractivity contribution in [3.8, 4) is 5.75 Å². The third kappa shape index (κ3) is 3.69. The Bertz CT molecular complexity index is 560. The number of hydrogen-bond acceptors (Lipinski definition) is 4. The van der Waals surface area contributed by atoms with Gasteiger partial charge in [-0.3, -0.25) is 0 Å². The Balaban J connectivity index is 2.07. The highest BCUT2D eigenvalue weighted by Crippen LogP contribution is 2.21. The summed E-state index contributed by atoms with van der Waals surface area (Å²) in [6, 6.07) is 7.79. The number of nitrogens with one attached hydrogen (secondary N) is 1. The molecule has 0 unspecified atom stereocenters. The first-order valence-electron chi connectivity index (χ1n) is 5.82. The highest BCUT2D eigenvalue weighted by atomic mass is 35.5.